The van der Waals surface area contributed by atoms with Crippen LogP contribution in [0.1, 0.15) is 23.2 Å². The summed E-state index contributed by atoms with van der Waals surface area (Å²) < 4.78 is 13.8. The highest BCUT2D eigenvalue weighted by Gasteiger charge is 2.56. The molecule has 4 rings (SSSR count). The number of nitrogens with zero attached hydrogens (tertiary/aromatic N) is 1. The number of carbonyl (C=O) groups excluding carboxylic acids is 1. The van der Waals surface area contributed by atoms with Gasteiger partial charge in [-0.25, -0.2) is 4.39 Å². The first-order valence-corrected chi connectivity index (χ1v) is 7.05. The van der Waals surface area contributed by atoms with E-state index in [0.29, 0.717) is 23.9 Å². The lowest BCUT2D eigenvalue weighted by atomic mass is 9.82. The van der Waals surface area contributed by atoms with Crippen LogP contribution < -0.4 is 5.32 Å². The fourth-order valence-corrected chi connectivity index (χ4v) is 4.34. The van der Waals surface area contributed by atoms with E-state index in [1.807, 2.05) is 4.90 Å². The van der Waals surface area contributed by atoms with Crippen molar-refractivity contribution in [2.45, 2.75) is 24.9 Å². The van der Waals surface area contributed by atoms with Crippen molar-refractivity contribution in [1.82, 2.24) is 10.2 Å². The summed E-state index contributed by atoms with van der Waals surface area (Å²) in [4.78, 5) is 14.6. The quantitative estimate of drug-likeness (QED) is 0.860. The van der Waals surface area contributed by atoms with Crippen LogP contribution in [0.5, 0.6) is 0 Å². The average Bonchev–Trinajstić information content (AvgIpc) is 3.10. The molecule has 1 aromatic rings. The molecule has 0 radical (unpaired) electrons. The Morgan fingerprint density at radius 2 is 1.75 bits per heavy atom. The van der Waals surface area contributed by atoms with Gasteiger partial charge in [0.15, 0.2) is 0 Å². The van der Waals surface area contributed by atoms with Crippen LogP contribution in [-0.4, -0.2) is 36.0 Å². The van der Waals surface area contributed by atoms with Gasteiger partial charge in [-0.2, -0.15) is 0 Å². The van der Waals surface area contributed by atoms with E-state index >= 15 is 0 Å². The van der Waals surface area contributed by atoms with Gasteiger partial charge in [-0.05, 0) is 36.8 Å². The number of amides is 1. The molecule has 0 spiro atoms. The second-order valence-corrected chi connectivity index (χ2v) is 5.89. The summed E-state index contributed by atoms with van der Waals surface area (Å²) in [6.07, 6.45) is 2.15. The largest absolute Gasteiger partial charge is 0.332 e. The first kappa shape index (κ1) is 13.8. The van der Waals surface area contributed by atoms with Gasteiger partial charge in [0.25, 0.3) is 5.91 Å². The van der Waals surface area contributed by atoms with Gasteiger partial charge in [0.1, 0.15) is 5.82 Å². The Kier molecular flexibility index (Phi) is 3.46. The number of carbonyl (C=O) groups is 1. The number of hydrogen-bond acceptors (Lipinski definition) is 2. The van der Waals surface area contributed by atoms with Crippen molar-refractivity contribution in [2.75, 3.05) is 13.1 Å². The summed E-state index contributed by atoms with van der Waals surface area (Å²) in [5, 5.41) is 3.42. The van der Waals surface area contributed by atoms with Gasteiger partial charge in [-0.1, -0.05) is 12.1 Å². The maximum absolute atomic E-state index is 13.8. The Bertz CT molecular complexity index is 520. The molecule has 3 nitrogen and oxygen atoms in total. The smallest absolute Gasteiger partial charge is 0.257 e. The minimum absolute atomic E-state index is 0. The van der Waals surface area contributed by atoms with Gasteiger partial charge in [-0.3, -0.25) is 4.79 Å². The zero-order valence-electron chi connectivity index (χ0n) is 11.1. The van der Waals surface area contributed by atoms with E-state index in [2.05, 4.69) is 5.32 Å². The Labute approximate surface area is 123 Å². The lowest BCUT2D eigenvalue weighted by molar-refractivity contribution is 0.0705. The third kappa shape index (κ3) is 1.78. The molecule has 1 aromatic carbocycles. The molecule has 1 amide bonds. The van der Waals surface area contributed by atoms with E-state index in [4.69, 9.17) is 0 Å². The zero-order valence-corrected chi connectivity index (χ0v) is 11.9. The molecule has 0 aromatic heterocycles. The molecule has 0 aliphatic carbocycles. The minimum atomic E-state index is -0.401. The van der Waals surface area contributed by atoms with Crippen molar-refractivity contribution < 1.29 is 9.18 Å². The van der Waals surface area contributed by atoms with Crippen molar-refractivity contribution in [1.29, 1.82) is 0 Å². The molecular weight excluding hydrogens is 279 g/mol. The van der Waals surface area contributed by atoms with Crippen molar-refractivity contribution in [3.05, 3.63) is 35.6 Å². The number of hydrogen-bond donors (Lipinski definition) is 1. The molecule has 3 aliphatic heterocycles. The van der Waals surface area contributed by atoms with E-state index in [1.54, 1.807) is 18.2 Å². The van der Waals surface area contributed by atoms with Crippen LogP contribution >= 0.6 is 12.4 Å². The number of halogens is 2. The van der Waals surface area contributed by atoms with Gasteiger partial charge in [0, 0.05) is 25.2 Å². The summed E-state index contributed by atoms with van der Waals surface area (Å²) in [6.45, 7) is 2.01. The second kappa shape index (κ2) is 5.01. The van der Waals surface area contributed by atoms with Gasteiger partial charge < -0.3 is 10.2 Å². The monoisotopic (exact) mass is 296 g/mol. The predicted octanol–water partition coefficient (Wildman–Crippen LogP) is 2.07. The van der Waals surface area contributed by atoms with Crippen molar-refractivity contribution in [2.24, 2.45) is 11.8 Å². The Morgan fingerprint density at radius 1 is 1.15 bits per heavy atom. The summed E-state index contributed by atoms with van der Waals surface area (Å²) >= 11 is 0. The number of benzene rings is 1. The third-order valence-electron chi connectivity index (χ3n) is 5.11. The average molecular weight is 297 g/mol. The number of fused-ring (bicyclic) bond motifs is 5. The number of nitrogens with one attached hydrogen (secondary N) is 1. The lowest BCUT2D eigenvalue weighted by Gasteiger charge is -2.25. The third-order valence-corrected chi connectivity index (χ3v) is 5.11. The predicted molar refractivity (Wildman–Crippen MR) is 76.5 cm³/mol. The van der Waals surface area contributed by atoms with Crippen LogP contribution in [-0.2, 0) is 0 Å². The first-order valence-electron chi connectivity index (χ1n) is 7.05. The molecule has 108 valence electrons. The first-order chi connectivity index (χ1) is 9.27. The molecule has 4 atom stereocenters. The van der Waals surface area contributed by atoms with Crippen LogP contribution in [0.15, 0.2) is 24.3 Å². The molecular formula is C15H18ClFN2O. The summed E-state index contributed by atoms with van der Waals surface area (Å²) in [5.74, 6) is 0.644. The van der Waals surface area contributed by atoms with Gasteiger partial charge >= 0.3 is 0 Å². The maximum Gasteiger partial charge on any atom is 0.257 e. The van der Waals surface area contributed by atoms with Crippen LogP contribution in [0, 0.1) is 17.7 Å². The summed E-state index contributed by atoms with van der Waals surface area (Å²) in [6, 6.07) is 6.96. The fraction of sp³-hybridized carbons (Fsp3) is 0.533. The maximum atomic E-state index is 13.8. The Morgan fingerprint density at radius 3 is 2.35 bits per heavy atom. The Hall–Kier alpha value is -1.13. The van der Waals surface area contributed by atoms with Crippen LogP contribution in [0.2, 0.25) is 0 Å². The molecule has 3 aliphatic rings. The zero-order chi connectivity index (χ0) is 13.0. The van der Waals surface area contributed by atoms with Gasteiger partial charge in [0.2, 0.25) is 0 Å². The molecule has 3 fully saturated rings. The lowest BCUT2D eigenvalue weighted by Crippen LogP contribution is -2.39. The second-order valence-electron chi connectivity index (χ2n) is 5.89. The number of rotatable bonds is 1. The summed E-state index contributed by atoms with van der Waals surface area (Å²) in [5.41, 5.74) is 0.229. The minimum Gasteiger partial charge on any atom is -0.332 e. The fourth-order valence-electron chi connectivity index (χ4n) is 4.34. The van der Waals surface area contributed by atoms with Crippen LogP contribution in [0.4, 0.5) is 4.39 Å². The highest BCUT2D eigenvalue weighted by atomic mass is 35.5. The highest BCUT2D eigenvalue weighted by molar-refractivity contribution is 5.95. The molecule has 3 saturated heterocycles. The van der Waals surface area contributed by atoms with Crippen molar-refractivity contribution in [3.63, 3.8) is 0 Å². The Balaban J connectivity index is 0.00000121. The van der Waals surface area contributed by atoms with Crippen molar-refractivity contribution in [3.8, 4) is 0 Å². The highest BCUT2D eigenvalue weighted by Crippen LogP contribution is 2.47. The van der Waals surface area contributed by atoms with E-state index in [-0.39, 0.29) is 23.9 Å². The van der Waals surface area contributed by atoms with E-state index < -0.39 is 5.82 Å². The molecule has 20 heavy (non-hydrogen) atoms. The molecule has 0 saturated carbocycles. The van der Waals surface area contributed by atoms with Crippen LogP contribution in [0.25, 0.3) is 0 Å². The van der Waals surface area contributed by atoms with E-state index in [1.165, 1.54) is 6.07 Å². The molecule has 0 unspecified atom stereocenters. The van der Waals surface area contributed by atoms with E-state index in [0.717, 1.165) is 25.9 Å². The van der Waals surface area contributed by atoms with Crippen molar-refractivity contribution >= 4 is 18.3 Å². The summed E-state index contributed by atoms with van der Waals surface area (Å²) in [7, 11) is 0. The topological polar surface area (TPSA) is 32.3 Å². The van der Waals surface area contributed by atoms with Gasteiger partial charge in [-0.15, -0.1) is 12.4 Å². The molecule has 3 heterocycles. The standard InChI is InChI=1S/C15H17FN2O.ClH/c16-12-4-2-1-3-9(12)15(19)18-13-5-6-14(18)11-8-17-7-10(11)13;/h1-4,10-11,13-14,17H,5-8H2;1H/t10-,11+,13-,14+;. The molecule has 2 bridgehead atoms. The molecule has 5 heteroatoms. The van der Waals surface area contributed by atoms with Gasteiger partial charge in [0.05, 0.1) is 5.56 Å². The normalized spacial score (nSPS) is 34.0. The SMILES string of the molecule is Cl.O=C(c1ccccc1F)N1[C@@H]2CC[C@H]1[C@H]1CNC[C@H]12. The van der Waals surface area contributed by atoms with Crippen LogP contribution in [0.3, 0.4) is 0 Å². The molecule has 1 N–H and O–H groups in total. The van der Waals surface area contributed by atoms with E-state index in [9.17, 15) is 9.18 Å².